The molecule has 0 atom stereocenters. The molecule has 4 aromatic rings. The number of fused-ring (bicyclic) bond motifs is 2. The molecule has 0 spiro atoms. The van der Waals surface area contributed by atoms with Crippen LogP contribution in [0, 0.1) is 6.92 Å². The predicted molar refractivity (Wildman–Crippen MR) is 106 cm³/mol. The lowest BCUT2D eigenvalue weighted by Gasteiger charge is -2.34. The topological polar surface area (TPSA) is 83.9 Å². The molecular weight excluding hydrogens is 356 g/mol. The third kappa shape index (κ3) is 2.89. The number of likely N-dealkylation sites (N-methyl/N-ethyl adjacent to an activating group) is 1. The zero-order valence-electron chi connectivity index (χ0n) is 15.8. The minimum atomic E-state index is -0.132. The van der Waals surface area contributed by atoms with Crippen molar-refractivity contribution >= 4 is 17.0 Å². The summed E-state index contributed by atoms with van der Waals surface area (Å²) < 4.78 is 3.06. The van der Waals surface area contributed by atoms with Crippen molar-refractivity contribution in [2.24, 2.45) is 0 Å². The van der Waals surface area contributed by atoms with Crippen LogP contribution in [0.15, 0.2) is 41.3 Å². The van der Waals surface area contributed by atoms with E-state index in [2.05, 4.69) is 37.0 Å². The first-order chi connectivity index (χ1) is 13.6. The van der Waals surface area contributed by atoms with Gasteiger partial charge in [-0.1, -0.05) is 0 Å². The molecule has 0 aliphatic carbocycles. The second-order valence-corrected chi connectivity index (χ2v) is 7.11. The zero-order valence-corrected chi connectivity index (χ0v) is 15.8. The smallest absolute Gasteiger partial charge is 0.258 e. The molecular formula is C19H20N8O. The molecule has 1 aliphatic rings. The Kier molecular flexibility index (Phi) is 3.83. The van der Waals surface area contributed by atoms with E-state index >= 15 is 0 Å². The van der Waals surface area contributed by atoms with Crippen LogP contribution in [0.5, 0.6) is 0 Å². The molecule has 5 heterocycles. The first-order valence-electron chi connectivity index (χ1n) is 9.25. The largest absolute Gasteiger partial charge is 0.368 e. The van der Waals surface area contributed by atoms with Gasteiger partial charge in [0.1, 0.15) is 17.2 Å². The Bertz CT molecular complexity index is 1240. The number of hydrogen-bond donors (Lipinski definition) is 0. The van der Waals surface area contributed by atoms with Crippen LogP contribution in [0.2, 0.25) is 0 Å². The van der Waals surface area contributed by atoms with E-state index in [0.29, 0.717) is 28.5 Å². The number of piperazine rings is 1. The number of pyridine rings is 1. The monoisotopic (exact) mass is 376 g/mol. The average molecular weight is 376 g/mol. The van der Waals surface area contributed by atoms with Crippen molar-refractivity contribution < 1.29 is 0 Å². The van der Waals surface area contributed by atoms with Gasteiger partial charge in [0.05, 0.1) is 11.4 Å². The molecule has 0 N–H and O–H groups in total. The number of nitrogens with zero attached hydrogens (tertiary/aromatic N) is 8. The van der Waals surface area contributed by atoms with Crippen molar-refractivity contribution in [3.05, 3.63) is 52.7 Å². The molecule has 9 nitrogen and oxygen atoms in total. The third-order valence-corrected chi connectivity index (χ3v) is 5.09. The minimum absolute atomic E-state index is 0.132. The number of aryl methyl sites for hydroxylation is 1. The third-order valence-electron chi connectivity index (χ3n) is 5.09. The van der Waals surface area contributed by atoms with Crippen LogP contribution in [0.3, 0.4) is 0 Å². The van der Waals surface area contributed by atoms with Gasteiger partial charge in [0.25, 0.3) is 5.56 Å². The van der Waals surface area contributed by atoms with Crippen molar-refractivity contribution in [1.82, 2.24) is 34.1 Å². The highest BCUT2D eigenvalue weighted by molar-refractivity contribution is 5.60. The van der Waals surface area contributed by atoms with E-state index in [1.54, 1.807) is 10.5 Å². The molecule has 0 amide bonds. The minimum Gasteiger partial charge on any atom is -0.368 e. The summed E-state index contributed by atoms with van der Waals surface area (Å²) in [6.45, 7) is 5.74. The Hall–Kier alpha value is -3.33. The zero-order chi connectivity index (χ0) is 19.3. The number of rotatable bonds is 2. The maximum absolute atomic E-state index is 12.8. The highest BCUT2D eigenvalue weighted by Crippen LogP contribution is 2.18. The van der Waals surface area contributed by atoms with Gasteiger partial charge >= 0.3 is 0 Å². The van der Waals surface area contributed by atoms with E-state index in [-0.39, 0.29) is 5.56 Å². The molecule has 0 saturated carbocycles. The molecule has 9 heteroatoms. The van der Waals surface area contributed by atoms with Gasteiger partial charge in [0.2, 0.25) is 0 Å². The second-order valence-electron chi connectivity index (χ2n) is 7.11. The number of aromatic nitrogens is 6. The van der Waals surface area contributed by atoms with Gasteiger partial charge in [0.15, 0.2) is 5.65 Å². The molecule has 5 rings (SSSR count). The normalized spacial score (nSPS) is 15.6. The lowest BCUT2D eigenvalue weighted by atomic mass is 10.2. The van der Waals surface area contributed by atoms with Crippen LogP contribution >= 0.6 is 0 Å². The van der Waals surface area contributed by atoms with E-state index in [1.165, 1.54) is 10.7 Å². The summed E-state index contributed by atoms with van der Waals surface area (Å²) in [6.07, 6.45) is 1.87. The van der Waals surface area contributed by atoms with Crippen molar-refractivity contribution in [2.45, 2.75) is 6.92 Å². The van der Waals surface area contributed by atoms with E-state index in [1.807, 2.05) is 31.3 Å². The molecule has 0 bridgehead atoms. The van der Waals surface area contributed by atoms with E-state index in [0.717, 1.165) is 31.9 Å². The van der Waals surface area contributed by atoms with Crippen LogP contribution in [0.25, 0.3) is 22.7 Å². The molecule has 0 unspecified atom stereocenters. The highest BCUT2D eigenvalue weighted by Gasteiger charge is 2.15. The molecule has 1 saturated heterocycles. The van der Waals surface area contributed by atoms with Gasteiger partial charge in [0, 0.05) is 38.4 Å². The maximum atomic E-state index is 12.8. The molecule has 1 fully saturated rings. The number of hydrogen-bond acceptors (Lipinski definition) is 7. The van der Waals surface area contributed by atoms with Crippen LogP contribution in [0.4, 0.5) is 5.69 Å². The summed E-state index contributed by atoms with van der Waals surface area (Å²) in [5.74, 6) is 0.646. The summed E-state index contributed by atoms with van der Waals surface area (Å²) in [4.78, 5) is 26.3. The average Bonchev–Trinajstić information content (AvgIpc) is 3.07. The Morgan fingerprint density at radius 2 is 1.68 bits per heavy atom. The van der Waals surface area contributed by atoms with Gasteiger partial charge < -0.3 is 9.80 Å². The van der Waals surface area contributed by atoms with Crippen LogP contribution < -0.4 is 10.5 Å². The second kappa shape index (κ2) is 6.38. The molecule has 0 aromatic carbocycles. The summed E-state index contributed by atoms with van der Waals surface area (Å²) in [5.41, 5.74) is 3.27. The molecule has 28 heavy (non-hydrogen) atoms. The van der Waals surface area contributed by atoms with E-state index in [4.69, 9.17) is 0 Å². The van der Waals surface area contributed by atoms with Gasteiger partial charge in [-0.05, 0) is 38.2 Å². The fourth-order valence-corrected chi connectivity index (χ4v) is 3.50. The predicted octanol–water partition coefficient (Wildman–Crippen LogP) is 0.859. The van der Waals surface area contributed by atoms with Crippen LogP contribution in [-0.2, 0) is 0 Å². The highest BCUT2D eigenvalue weighted by atomic mass is 16.1. The standard InChI is InChI=1S/C19H20N8O/c1-13-20-18-6-4-15(23-27(18)22-13)16-11-19(28)26-12-14(3-5-17(26)21-16)25-9-7-24(2)8-10-25/h3-6,11-12H,7-10H2,1-2H3. The molecule has 1 aliphatic heterocycles. The van der Waals surface area contributed by atoms with Crippen molar-refractivity contribution in [3.8, 4) is 11.4 Å². The van der Waals surface area contributed by atoms with Gasteiger partial charge in [-0.2, -0.15) is 0 Å². The van der Waals surface area contributed by atoms with Gasteiger partial charge in [-0.25, -0.2) is 9.97 Å². The Balaban J connectivity index is 1.54. The van der Waals surface area contributed by atoms with Crippen molar-refractivity contribution in [1.29, 1.82) is 0 Å². The summed E-state index contributed by atoms with van der Waals surface area (Å²) in [5, 5.41) is 8.66. The van der Waals surface area contributed by atoms with Crippen molar-refractivity contribution in [2.75, 3.05) is 38.1 Å². The lowest BCUT2D eigenvalue weighted by molar-refractivity contribution is 0.313. The Morgan fingerprint density at radius 3 is 2.50 bits per heavy atom. The Morgan fingerprint density at radius 1 is 0.893 bits per heavy atom. The summed E-state index contributed by atoms with van der Waals surface area (Å²) in [7, 11) is 2.12. The Labute approximate surface area is 160 Å². The first kappa shape index (κ1) is 16.8. The molecule has 142 valence electrons. The fourth-order valence-electron chi connectivity index (χ4n) is 3.50. The molecule has 4 aromatic heterocycles. The SMILES string of the molecule is Cc1nc2ccc(-c3cc(=O)n4cc(N5CCN(C)CC5)ccc4n3)nn2n1. The quantitative estimate of drug-likeness (QED) is 0.513. The van der Waals surface area contributed by atoms with Crippen molar-refractivity contribution in [3.63, 3.8) is 0 Å². The van der Waals surface area contributed by atoms with E-state index in [9.17, 15) is 4.79 Å². The summed E-state index contributed by atoms with van der Waals surface area (Å²) >= 11 is 0. The lowest BCUT2D eigenvalue weighted by Crippen LogP contribution is -2.44. The molecule has 0 radical (unpaired) electrons. The van der Waals surface area contributed by atoms with Gasteiger partial charge in [-0.15, -0.1) is 14.8 Å². The van der Waals surface area contributed by atoms with E-state index < -0.39 is 0 Å². The van der Waals surface area contributed by atoms with Gasteiger partial charge in [-0.3, -0.25) is 9.20 Å². The first-order valence-corrected chi connectivity index (χ1v) is 9.25. The van der Waals surface area contributed by atoms with Crippen LogP contribution in [0.1, 0.15) is 5.82 Å². The summed E-state index contributed by atoms with van der Waals surface area (Å²) in [6, 6.07) is 9.05. The fraction of sp³-hybridized carbons (Fsp3) is 0.316. The van der Waals surface area contributed by atoms with Crippen LogP contribution in [-0.4, -0.2) is 67.3 Å². The number of anilines is 1. The maximum Gasteiger partial charge on any atom is 0.258 e.